The number of nitrogens with one attached hydrogen (secondary N) is 1. The maximum atomic E-state index is 13.8. The summed E-state index contributed by atoms with van der Waals surface area (Å²) in [7, 11) is 0. The normalized spacial score (nSPS) is 17.1. The van der Waals surface area contributed by atoms with E-state index in [0.29, 0.717) is 0 Å². The molecule has 2 aliphatic heterocycles. The number of thioether (sulfide) groups is 1. The third kappa shape index (κ3) is 4.85. The number of hydrogen-bond donors (Lipinski definition) is 1. The Bertz CT molecular complexity index is 1100. The molecule has 4 rings (SSSR count). The largest absolute Gasteiger partial charge is 0.362 e. The van der Waals surface area contributed by atoms with Gasteiger partial charge >= 0.3 is 0 Å². The summed E-state index contributed by atoms with van der Waals surface area (Å²) in [6.07, 6.45) is 3.39. The van der Waals surface area contributed by atoms with Crippen molar-refractivity contribution in [1.29, 1.82) is 0 Å². The number of aryl methyl sites for hydroxylation is 2. The van der Waals surface area contributed by atoms with Gasteiger partial charge in [-0.25, -0.2) is 4.39 Å². The Kier molecular flexibility index (Phi) is 6.60. The van der Waals surface area contributed by atoms with Crippen LogP contribution < -0.4 is 10.2 Å². The van der Waals surface area contributed by atoms with Crippen LogP contribution in [-0.2, 0) is 16.0 Å². The number of amides is 3. The highest BCUT2D eigenvalue weighted by molar-refractivity contribution is 8.18. The summed E-state index contributed by atoms with van der Waals surface area (Å²) < 4.78 is 13.8. The maximum Gasteiger partial charge on any atom is 0.293 e. The second kappa shape index (κ2) is 9.56. The summed E-state index contributed by atoms with van der Waals surface area (Å²) in [6, 6.07) is 12.3. The highest BCUT2D eigenvalue weighted by atomic mass is 32.2. The molecule has 0 unspecified atom stereocenters. The van der Waals surface area contributed by atoms with Crippen molar-refractivity contribution >= 4 is 40.6 Å². The fourth-order valence-corrected chi connectivity index (χ4v) is 4.79. The van der Waals surface area contributed by atoms with Crippen LogP contribution in [0, 0.1) is 12.7 Å². The van der Waals surface area contributed by atoms with E-state index in [-0.39, 0.29) is 36.0 Å². The molecule has 0 atom stereocenters. The van der Waals surface area contributed by atoms with Crippen LogP contribution in [0.1, 0.15) is 23.1 Å². The first-order chi connectivity index (χ1) is 15.4. The van der Waals surface area contributed by atoms with Gasteiger partial charge in [0.15, 0.2) is 0 Å². The molecule has 32 heavy (non-hydrogen) atoms. The van der Waals surface area contributed by atoms with Gasteiger partial charge in [-0.1, -0.05) is 35.9 Å². The number of nitrogens with zero attached hydrogens (tertiary/aromatic N) is 2. The summed E-state index contributed by atoms with van der Waals surface area (Å²) in [5, 5.41) is 2.37. The van der Waals surface area contributed by atoms with Gasteiger partial charge in [0.25, 0.3) is 11.1 Å². The number of imide groups is 1. The van der Waals surface area contributed by atoms with Crippen molar-refractivity contribution in [2.45, 2.75) is 19.8 Å². The Hall–Kier alpha value is -3.13. The zero-order chi connectivity index (χ0) is 22.7. The van der Waals surface area contributed by atoms with Crippen LogP contribution in [0.25, 0.3) is 6.08 Å². The molecule has 1 N–H and O–H groups in total. The number of halogens is 1. The van der Waals surface area contributed by atoms with E-state index in [1.807, 2.05) is 6.07 Å². The van der Waals surface area contributed by atoms with Gasteiger partial charge in [-0.15, -0.1) is 0 Å². The van der Waals surface area contributed by atoms with Crippen molar-refractivity contribution < 1.29 is 18.8 Å². The van der Waals surface area contributed by atoms with E-state index in [4.69, 9.17) is 0 Å². The minimum atomic E-state index is -0.474. The second-order valence-corrected chi connectivity index (χ2v) is 8.86. The number of hydrogen-bond acceptors (Lipinski definition) is 5. The van der Waals surface area contributed by atoms with Crippen LogP contribution in [0.4, 0.5) is 14.9 Å². The van der Waals surface area contributed by atoms with Gasteiger partial charge in [-0.05, 0) is 55.3 Å². The zero-order valence-corrected chi connectivity index (χ0v) is 18.6. The molecule has 2 aromatic carbocycles. The van der Waals surface area contributed by atoms with Crippen molar-refractivity contribution in [3.8, 4) is 0 Å². The highest BCUT2D eigenvalue weighted by Gasteiger charge is 2.34. The molecule has 3 amide bonds. The maximum absolute atomic E-state index is 13.8. The predicted molar refractivity (Wildman–Crippen MR) is 124 cm³/mol. The molecule has 1 saturated heterocycles. The number of anilines is 1. The molecule has 1 fully saturated rings. The van der Waals surface area contributed by atoms with Gasteiger partial charge in [-0.2, -0.15) is 0 Å². The molecule has 0 aliphatic carbocycles. The first-order valence-corrected chi connectivity index (χ1v) is 11.3. The smallest absolute Gasteiger partial charge is 0.293 e. The van der Waals surface area contributed by atoms with Crippen molar-refractivity contribution in [1.82, 2.24) is 10.2 Å². The molecule has 0 radical (unpaired) electrons. The minimum absolute atomic E-state index is 0.0702. The van der Waals surface area contributed by atoms with Gasteiger partial charge in [0, 0.05) is 30.9 Å². The van der Waals surface area contributed by atoms with Gasteiger partial charge < -0.3 is 10.2 Å². The summed E-state index contributed by atoms with van der Waals surface area (Å²) in [5.41, 5.74) is 3.80. The molecule has 8 heteroatoms. The molecule has 0 saturated carbocycles. The molecule has 0 spiro atoms. The molecule has 166 valence electrons. The Morgan fingerprint density at radius 2 is 2.03 bits per heavy atom. The Balaban J connectivity index is 1.31. The van der Waals surface area contributed by atoms with Crippen LogP contribution in [0.3, 0.4) is 0 Å². The quantitative estimate of drug-likeness (QED) is 0.675. The zero-order valence-electron chi connectivity index (χ0n) is 17.8. The van der Waals surface area contributed by atoms with E-state index in [9.17, 15) is 18.8 Å². The Morgan fingerprint density at radius 3 is 2.84 bits per heavy atom. The SMILES string of the molecule is Cc1ccc2c(c1)CCCN2CC(=O)NCCN1C(=O)S/C(=C/c2ccccc2F)C1=O. The van der Waals surface area contributed by atoms with E-state index in [1.165, 1.54) is 23.3 Å². The van der Waals surface area contributed by atoms with Crippen LogP contribution in [-0.4, -0.2) is 48.1 Å². The highest BCUT2D eigenvalue weighted by Crippen LogP contribution is 2.32. The molecular formula is C24H24FN3O3S. The van der Waals surface area contributed by atoms with Crippen molar-refractivity contribution in [2.75, 3.05) is 31.1 Å². The van der Waals surface area contributed by atoms with Gasteiger partial charge in [-0.3, -0.25) is 19.3 Å². The second-order valence-electron chi connectivity index (χ2n) is 7.86. The minimum Gasteiger partial charge on any atom is -0.362 e. The molecule has 6 nitrogen and oxygen atoms in total. The Morgan fingerprint density at radius 1 is 1.22 bits per heavy atom. The molecule has 2 aliphatic rings. The average Bonchev–Trinajstić information content (AvgIpc) is 3.02. The first kappa shape index (κ1) is 22.1. The van der Waals surface area contributed by atoms with Crippen LogP contribution in [0.15, 0.2) is 47.4 Å². The topological polar surface area (TPSA) is 69.7 Å². The van der Waals surface area contributed by atoms with E-state index in [0.717, 1.165) is 41.7 Å². The summed E-state index contributed by atoms with van der Waals surface area (Å²) in [4.78, 5) is 40.6. The van der Waals surface area contributed by atoms with Gasteiger partial charge in [0.05, 0.1) is 11.4 Å². The molecule has 0 bridgehead atoms. The summed E-state index contributed by atoms with van der Waals surface area (Å²) in [5.74, 6) is -1.09. The number of rotatable bonds is 6. The van der Waals surface area contributed by atoms with E-state index in [2.05, 4.69) is 29.3 Å². The molecule has 2 aromatic rings. The number of carbonyl (C=O) groups is 3. The fraction of sp³-hybridized carbons (Fsp3) is 0.292. The van der Waals surface area contributed by atoms with Crippen molar-refractivity contribution in [3.63, 3.8) is 0 Å². The lowest BCUT2D eigenvalue weighted by atomic mass is 9.99. The lowest BCUT2D eigenvalue weighted by molar-refractivity contribution is -0.124. The molecule has 2 heterocycles. The summed E-state index contributed by atoms with van der Waals surface area (Å²) >= 11 is 0.777. The third-order valence-corrected chi connectivity index (χ3v) is 6.41. The first-order valence-electron chi connectivity index (χ1n) is 10.5. The lowest BCUT2D eigenvalue weighted by Crippen LogP contribution is -2.43. The van der Waals surface area contributed by atoms with Crippen molar-refractivity contribution in [3.05, 3.63) is 69.9 Å². The van der Waals surface area contributed by atoms with Crippen molar-refractivity contribution in [2.24, 2.45) is 0 Å². The molecular weight excluding hydrogens is 429 g/mol. The summed E-state index contributed by atoms with van der Waals surface area (Å²) in [6.45, 7) is 3.33. The number of benzene rings is 2. The number of fused-ring (bicyclic) bond motifs is 1. The standard InChI is InChI=1S/C24H24FN3O3S/c1-16-8-9-20-18(13-16)6-4-11-27(20)15-22(29)26-10-12-28-23(30)21(32-24(28)31)14-17-5-2-3-7-19(17)25/h2-3,5,7-9,13-14H,4,6,10-12,15H2,1H3,(H,26,29)/b21-14+. The monoisotopic (exact) mass is 453 g/mol. The molecule has 0 aromatic heterocycles. The fourth-order valence-electron chi connectivity index (χ4n) is 3.93. The lowest BCUT2D eigenvalue weighted by Gasteiger charge is -2.31. The predicted octanol–water partition coefficient (Wildman–Crippen LogP) is 3.74. The van der Waals surface area contributed by atoms with Crippen LogP contribution in [0.5, 0.6) is 0 Å². The average molecular weight is 454 g/mol. The van der Waals surface area contributed by atoms with Crippen LogP contribution >= 0.6 is 11.8 Å². The van der Waals surface area contributed by atoms with Crippen LogP contribution in [0.2, 0.25) is 0 Å². The van der Waals surface area contributed by atoms with Gasteiger partial charge in [0.2, 0.25) is 5.91 Å². The van der Waals surface area contributed by atoms with E-state index in [1.54, 1.807) is 18.2 Å². The van der Waals surface area contributed by atoms with E-state index >= 15 is 0 Å². The van der Waals surface area contributed by atoms with Gasteiger partial charge in [0.1, 0.15) is 5.82 Å². The number of carbonyl (C=O) groups excluding carboxylic acids is 3. The Labute approximate surface area is 190 Å². The third-order valence-electron chi connectivity index (χ3n) is 5.51. The van der Waals surface area contributed by atoms with E-state index < -0.39 is 17.0 Å².